The van der Waals surface area contributed by atoms with Gasteiger partial charge in [0.15, 0.2) is 0 Å². The minimum atomic E-state index is 0.775. The lowest BCUT2D eigenvalue weighted by Crippen LogP contribution is -1.93. The Hall–Kier alpha value is -1.96. The molecule has 2 heteroatoms. The van der Waals surface area contributed by atoms with Crippen LogP contribution in [0.1, 0.15) is 12.0 Å². The molecule has 0 heterocycles. The van der Waals surface area contributed by atoms with Gasteiger partial charge in [-0.05, 0) is 37.3 Å². The van der Waals surface area contributed by atoms with Crippen LogP contribution in [0.25, 0.3) is 0 Å². The first-order valence-electron chi connectivity index (χ1n) is 5.64. The van der Waals surface area contributed by atoms with Crippen LogP contribution in [0.2, 0.25) is 0 Å². The van der Waals surface area contributed by atoms with Crippen molar-refractivity contribution in [2.45, 2.75) is 13.3 Å². The zero-order valence-electron chi connectivity index (χ0n) is 10.1. The highest BCUT2D eigenvalue weighted by Gasteiger charge is 2.02. The molecule has 1 aliphatic carbocycles. The second-order valence-electron chi connectivity index (χ2n) is 3.93. The number of hydrogen-bond acceptors (Lipinski definition) is 2. The Morgan fingerprint density at radius 2 is 1.82 bits per heavy atom. The second kappa shape index (κ2) is 5.39. The van der Waals surface area contributed by atoms with Gasteiger partial charge in [0.25, 0.3) is 0 Å². The van der Waals surface area contributed by atoms with E-state index < -0.39 is 0 Å². The Morgan fingerprint density at radius 3 is 2.53 bits per heavy atom. The zero-order chi connectivity index (χ0) is 12.1. The van der Waals surface area contributed by atoms with Gasteiger partial charge in [0.2, 0.25) is 0 Å². The summed E-state index contributed by atoms with van der Waals surface area (Å²) in [6.07, 6.45) is 8.60. The van der Waals surface area contributed by atoms with E-state index in [1.807, 2.05) is 48.6 Å². The van der Waals surface area contributed by atoms with Gasteiger partial charge in [-0.2, -0.15) is 0 Å². The van der Waals surface area contributed by atoms with Crippen LogP contribution in [0.4, 0.5) is 0 Å². The summed E-state index contributed by atoms with van der Waals surface area (Å²) < 4.78 is 11.0. The first kappa shape index (κ1) is 11.5. The molecule has 1 aromatic rings. The molecule has 0 atom stereocenters. The molecule has 1 aromatic carbocycles. The molecule has 88 valence electrons. The van der Waals surface area contributed by atoms with Gasteiger partial charge >= 0.3 is 0 Å². The normalized spacial score (nSPS) is 14.7. The molecular formula is C15H16O2. The first-order valence-corrected chi connectivity index (χ1v) is 5.64. The van der Waals surface area contributed by atoms with E-state index in [1.54, 1.807) is 7.11 Å². The Balaban J connectivity index is 2.09. The molecule has 0 amide bonds. The molecule has 0 bridgehead atoms. The monoisotopic (exact) mass is 228 g/mol. The molecule has 0 unspecified atom stereocenters. The third-order valence-electron chi connectivity index (χ3n) is 2.54. The highest BCUT2D eigenvalue weighted by molar-refractivity contribution is 5.31. The van der Waals surface area contributed by atoms with E-state index in [0.29, 0.717) is 0 Å². The fourth-order valence-corrected chi connectivity index (χ4v) is 1.56. The van der Waals surface area contributed by atoms with Crippen molar-refractivity contribution in [2.75, 3.05) is 7.11 Å². The van der Waals surface area contributed by atoms with Crippen LogP contribution in [0.15, 0.2) is 60.1 Å². The average molecular weight is 228 g/mol. The molecule has 0 saturated carbocycles. The number of aryl methyl sites for hydroxylation is 1. The van der Waals surface area contributed by atoms with Gasteiger partial charge in [0.05, 0.1) is 7.11 Å². The summed E-state index contributed by atoms with van der Waals surface area (Å²) in [6, 6.07) is 8.04. The molecule has 17 heavy (non-hydrogen) atoms. The molecule has 0 aliphatic heterocycles. The highest BCUT2D eigenvalue weighted by Crippen LogP contribution is 2.19. The number of hydrogen-bond donors (Lipinski definition) is 0. The summed E-state index contributed by atoms with van der Waals surface area (Å²) in [5, 5.41) is 0. The van der Waals surface area contributed by atoms with Crippen molar-refractivity contribution in [3.8, 4) is 5.75 Å². The quantitative estimate of drug-likeness (QED) is 0.784. The van der Waals surface area contributed by atoms with Gasteiger partial charge < -0.3 is 9.47 Å². The minimum Gasteiger partial charge on any atom is -0.497 e. The third kappa shape index (κ3) is 3.25. The third-order valence-corrected chi connectivity index (χ3v) is 2.54. The van der Waals surface area contributed by atoms with Crippen molar-refractivity contribution in [3.63, 3.8) is 0 Å². The molecule has 0 aromatic heterocycles. The summed E-state index contributed by atoms with van der Waals surface area (Å²) in [7, 11) is 1.66. The molecule has 0 fully saturated rings. The maximum atomic E-state index is 5.79. The van der Waals surface area contributed by atoms with E-state index in [9.17, 15) is 0 Å². The predicted molar refractivity (Wildman–Crippen MR) is 68.7 cm³/mol. The lowest BCUT2D eigenvalue weighted by Gasteiger charge is -2.07. The molecule has 0 radical (unpaired) electrons. The van der Waals surface area contributed by atoms with Crippen LogP contribution < -0.4 is 4.74 Å². The van der Waals surface area contributed by atoms with Gasteiger partial charge in [-0.1, -0.05) is 23.8 Å². The van der Waals surface area contributed by atoms with E-state index in [0.717, 1.165) is 23.7 Å². The van der Waals surface area contributed by atoms with Crippen LogP contribution in [-0.2, 0) is 4.74 Å². The van der Waals surface area contributed by atoms with Crippen LogP contribution in [0.5, 0.6) is 5.75 Å². The molecule has 1 aliphatic rings. The molecule has 0 spiro atoms. The summed E-state index contributed by atoms with van der Waals surface area (Å²) >= 11 is 0. The topological polar surface area (TPSA) is 18.5 Å². The Kier molecular flexibility index (Phi) is 3.66. The molecule has 2 nitrogen and oxygen atoms in total. The maximum absolute atomic E-state index is 5.79. The van der Waals surface area contributed by atoms with Crippen LogP contribution >= 0.6 is 0 Å². The number of benzene rings is 1. The van der Waals surface area contributed by atoms with E-state index >= 15 is 0 Å². The van der Waals surface area contributed by atoms with Gasteiger partial charge in [-0.3, -0.25) is 0 Å². The van der Waals surface area contributed by atoms with Crippen molar-refractivity contribution in [1.29, 1.82) is 0 Å². The zero-order valence-corrected chi connectivity index (χ0v) is 10.1. The highest BCUT2D eigenvalue weighted by atomic mass is 16.5. The predicted octanol–water partition coefficient (Wildman–Crippen LogP) is 3.75. The van der Waals surface area contributed by atoms with Gasteiger partial charge in [-0.25, -0.2) is 0 Å². The van der Waals surface area contributed by atoms with Crippen LogP contribution in [0, 0.1) is 6.92 Å². The van der Waals surface area contributed by atoms with E-state index in [4.69, 9.17) is 9.47 Å². The van der Waals surface area contributed by atoms with E-state index in [1.165, 1.54) is 5.56 Å². The van der Waals surface area contributed by atoms with Crippen molar-refractivity contribution < 1.29 is 9.47 Å². The fraction of sp³-hybridized carbons (Fsp3) is 0.200. The van der Waals surface area contributed by atoms with E-state index in [-0.39, 0.29) is 0 Å². The van der Waals surface area contributed by atoms with Gasteiger partial charge in [0, 0.05) is 6.42 Å². The van der Waals surface area contributed by atoms with Crippen molar-refractivity contribution in [1.82, 2.24) is 0 Å². The lowest BCUT2D eigenvalue weighted by molar-refractivity contribution is 0.307. The minimum absolute atomic E-state index is 0.775. The Labute approximate surface area is 102 Å². The van der Waals surface area contributed by atoms with Crippen molar-refractivity contribution >= 4 is 0 Å². The molecule has 2 rings (SSSR count). The van der Waals surface area contributed by atoms with E-state index in [2.05, 4.69) is 6.92 Å². The molecular weight excluding hydrogens is 212 g/mol. The second-order valence-corrected chi connectivity index (χ2v) is 3.93. The number of allylic oxidation sites excluding steroid dienone is 4. The summed E-state index contributed by atoms with van der Waals surface area (Å²) in [5.74, 6) is 2.62. The largest absolute Gasteiger partial charge is 0.497 e. The molecule has 0 saturated heterocycles. The lowest BCUT2D eigenvalue weighted by atomic mass is 10.2. The fourth-order valence-electron chi connectivity index (χ4n) is 1.56. The summed E-state index contributed by atoms with van der Waals surface area (Å²) in [5.41, 5.74) is 1.23. The van der Waals surface area contributed by atoms with Crippen LogP contribution in [0.3, 0.4) is 0 Å². The summed E-state index contributed by atoms with van der Waals surface area (Å²) in [6.45, 7) is 2.06. The SMILES string of the molecule is COC1=CC=C(Oc2ccc(C)cc2)CC=C1. The number of rotatable bonds is 3. The average Bonchev–Trinajstić information content (AvgIpc) is 2.57. The number of methoxy groups -OCH3 is 1. The Bertz CT molecular complexity index is 464. The molecule has 0 N–H and O–H groups in total. The number of ether oxygens (including phenoxy) is 2. The van der Waals surface area contributed by atoms with Crippen LogP contribution in [-0.4, -0.2) is 7.11 Å². The van der Waals surface area contributed by atoms with Gasteiger partial charge in [0.1, 0.15) is 17.3 Å². The first-order chi connectivity index (χ1) is 8.28. The van der Waals surface area contributed by atoms with Crippen molar-refractivity contribution in [3.05, 3.63) is 65.7 Å². The standard InChI is InChI=1S/C15H16O2/c1-12-6-8-15(9-7-12)17-14-5-3-4-13(16-2)10-11-14/h3-4,6-11H,5H2,1-2H3. The smallest absolute Gasteiger partial charge is 0.126 e. The Morgan fingerprint density at radius 1 is 1.06 bits per heavy atom. The van der Waals surface area contributed by atoms with Crippen molar-refractivity contribution in [2.24, 2.45) is 0 Å². The maximum Gasteiger partial charge on any atom is 0.126 e. The summed E-state index contributed by atoms with van der Waals surface area (Å²) in [4.78, 5) is 0. The van der Waals surface area contributed by atoms with Gasteiger partial charge in [-0.15, -0.1) is 0 Å².